The second-order valence-corrected chi connectivity index (χ2v) is 15.3. The highest BCUT2D eigenvalue weighted by Gasteiger charge is 2.30. The van der Waals surface area contributed by atoms with E-state index in [1.54, 1.807) is 0 Å². The zero-order valence-electron chi connectivity index (χ0n) is 19.4. The molecule has 0 saturated heterocycles. The standard InChI is InChI=1S/C26H38OSi/c1-11-19-12-14-20(15-13-19)16-21-17-22(25(2,3)4)24(27-28(8,9)10)23(18-21)26(5,6)7/h11-15,17-18H,1,16H2,2-10H3. The number of rotatable bonds is 5. The van der Waals surface area contributed by atoms with Crippen LogP contribution in [0.15, 0.2) is 43.0 Å². The van der Waals surface area contributed by atoms with Gasteiger partial charge in [-0.15, -0.1) is 0 Å². The SMILES string of the molecule is C=Cc1ccc(Cc2cc(C(C)(C)C)c(O[Si](C)(C)C)c(C(C)(C)C)c2)cc1. The molecular formula is C26H38OSi. The second-order valence-electron chi connectivity index (χ2n) is 10.9. The van der Waals surface area contributed by atoms with Crippen LogP contribution in [-0.2, 0) is 17.3 Å². The first kappa shape index (κ1) is 22.5. The molecule has 0 aromatic heterocycles. The van der Waals surface area contributed by atoms with Crippen LogP contribution in [0.25, 0.3) is 6.08 Å². The van der Waals surface area contributed by atoms with Gasteiger partial charge in [0.1, 0.15) is 5.75 Å². The molecule has 0 fully saturated rings. The van der Waals surface area contributed by atoms with Crippen molar-refractivity contribution < 1.29 is 4.43 Å². The summed E-state index contributed by atoms with van der Waals surface area (Å²) in [6.45, 7) is 24.4. The first-order chi connectivity index (χ1) is 12.7. The maximum Gasteiger partial charge on any atom is 0.242 e. The first-order valence-corrected chi connectivity index (χ1v) is 13.7. The van der Waals surface area contributed by atoms with Crippen LogP contribution in [-0.4, -0.2) is 8.32 Å². The molecule has 0 aliphatic heterocycles. The molecule has 2 aromatic rings. The van der Waals surface area contributed by atoms with Gasteiger partial charge in [0.2, 0.25) is 8.32 Å². The Kier molecular flexibility index (Phi) is 6.35. The third-order valence-electron chi connectivity index (χ3n) is 4.80. The Morgan fingerprint density at radius 1 is 0.821 bits per heavy atom. The molecule has 2 heteroatoms. The van der Waals surface area contributed by atoms with Crippen LogP contribution in [0.5, 0.6) is 5.75 Å². The van der Waals surface area contributed by atoms with E-state index in [-0.39, 0.29) is 10.8 Å². The Hall–Kier alpha value is -1.80. The smallest absolute Gasteiger partial charge is 0.242 e. The fraction of sp³-hybridized carbons (Fsp3) is 0.462. The van der Waals surface area contributed by atoms with E-state index in [1.807, 2.05) is 6.08 Å². The Balaban J connectivity index is 2.63. The van der Waals surface area contributed by atoms with Crippen molar-refractivity contribution in [3.05, 3.63) is 70.8 Å². The third kappa shape index (κ3) is 5.85. The Labute approximate surface area is 174 Å². The maximum atomic E-state index is 6.68. The lowest BCUT2D eigenvalue weighted by Gasteiger charge is -2.34. The van der Waals surface area contributed by atoms with Gasteiger partial charge in [0.15, 0.2) is 0 Å². The summed E-state index contributed by atoms with van der Waals surface area (Å²) < 4.78 is 6.68. The minimum absolute atomic E-state index is 0.0255. The average Bonchev–Trinajstić information content (AvgIpc) is 2.53. The van der Waals surface area contributed by atoms with Crippen LogP contribution in [0.3, 0.4) is 0 Å². The highest BCUT2D eigenvalue weighted by atomic mass is 28.4. The van der Waals surface area contributed by atoms with Gasteiger partial charge in [-0.05, 0) is 64.7 Å². The van der Waals surface area contributed by atoms with E-state index in [0.29, 0.717) is 0 Å². The van der Waals surface area contributed by atoms with Crippen LogP contribution in [0.2, 0.25) is 19.6 Å². The van der Waals surface area contributed by atoms with E-state index >= 15 is 0 Å². The van der Waals surface area contributed by atoms with Crippen molar-refractivity contribution in [2.45, 2.75) is 78.4 Å². The van der Waals surface area contributed by atoms with E-state index in [9.17, 15) is 0 Å². The van der Waals surface area contributed by atoms with Crippen molar-refractivity contribution in [1.82, 2.24) is 0 Å². The molecule has 0 saturated carbocycles. The summed E-state index contributed by atoms with van der Waals surface area (Å²) in [4.78, 5) is 0. The lowest BCUT2D eigenvalue weighted by Crippen LogP contribution is -2.33. The van der Waals surface area contributed by atoms with Crippen LogP contribution in [0.4, 0.5) is 0 Å². The summed E-state index contributed by atoms with van der Waals surface area (Å²) in [5.74, 6) is 1.12. The summed E-state index contributed by atoms with van der Waals surface area (Å²) in [6.07, 6.45) is 2.82. The summed E-state index contributed by atoms with van der Waals surface area (Å²) in [6, 6.07) is 13.4. The zero-order valence-corrected chi connectivity index (χ0v) is 20.4. The molecule has 2 aromatic carbocycles. The maximum absolute atomic E-state index is 6.68. The van der Waals surface area contributed by atoms with Gasteiger partial charge in [0.25, 0.3) is 0 Å². The summed E-state index contributed by atoms with van der Waals surface area (Å²) in [5, 5.41) is 0. The first-order valence-electron chi connectivity index (χ1n) is 10.3. The molecule has 0 heterocycles. The fourth-order valence-electron chi connectivity index (χ4n) is 3.33. The Morgan fingerprint density at radius 2 is 1.29 bits per heavy atom. The van der Waals surface area contributed by atoms with E-state index in [2.05, 4.69) is 104 Å². The van der Waals surface area contributed by atoms with Crippen LogP contribution >= 0.6 is 0 Å². The second kappa shape index (κ2) is 7.91. The Morgan fingerprint density at radius 3 is 1.64 bits per heavy atom. The molecule has 1 nitrogen and oxygen atoms in total. The topological polar surface area (TPSA) is 9.23 Å². The van der Waals surface area contributed by atoms with Crippen molar-refractivity contribution in [2.75, 3.05) is 0 Å². The van der Waals surface area contributed by atoms with Crippen LogP contribution in [0, 0.1) is 0 Å². The third-order valence-corrected chi connectivity index (χ3v) is 5.61. The largest absolute Gasteiger partial charge is 0.544 e. The van der Waals surface area contributed by atoms with E-state index < -0.39 is 8.32 Å². The van der Waals surface area contributed by atoms with Crippen molar-refractivity contribution in [1.29, 1.82) is 0 Å². The zero-order chi connectivity index (χ0) is 21.3. The molecular weight excluding hydrogens is 356 g/mol. The predicted octanol–water partition coefficient (Wildman–Crippen LogP) is 7.73. The molecule has 0 aliphatic carbocycles. The summed E-state index contributed by atoms with van der Waals surface area (Å²) in [5.41, 5.74) is 6.52. The molecule has 0 unspecified atom stereocenters. The van der Waals surface area contributed by atoms with Gasteiger partial charge < -0.3 is 4.43 Å². The molecule has 0 aliphatic rings. The number of hydrogen-bond donors (Lipinski definition) is 0. The minimum Gasteiger partial charge on any atom is -0.544 e. The lowest BCUT2D eigenvalue weighted by molar-refractivity contribution is 0.477. The van der Waals surface area contributed by atoms with Gasteiger partial charge in [-0.2, -0.15) is 0 Å². The molecule has 2 rings (SSSR count). The van der Waals surface area contributed by atoms with E-state index in [1.165, 1.54) is 22.3 Å². The van der Waals surface area contributed by atoms with Gasteiger partial charge in [0, 0.05) is 0 Å². The molecule has 28 heavy (non-hydrogen) atoms. The van der Waals surface area contributed by atoms with Crippen molar-refractivity contribution in [2.24, 2.45) is 0 Å². The molecule has 0 amide bonds. The normalized spacial score (nSPS) is 12.8. The monoisotopic (exact) mass is 394 g/mol. The summed E-state index contributed by atoms with van der Waals surface area (Å²) >= 11 is 0. The molecule has 0 atom stereocenters. The molecule has 0 bridgehead atoms. The van der Waals surface area contributed by atoms with Crippen LogP contribution < -0.4 is 4.43 Å². The highest BCUT2D eigenvalue weighted by Crippen LogP contribution is 2.42. The lowest BCUT2D eigenvalue weighted by atomic mass is 9.78. The van der Waals surface area contributed by atoms with Gasteiger partial charge in [-0.25, -0.2) is 0 Å². The fourth-order valence-corrected chi connectivity index (χ4v) is 4.16. The molecule has 0 spiro atoms. The van der Waals surface area contributed by atoms with Gasteiger partial charge in [-0.1, -0.05) is 90.6 Å². The average molecular weight is 395 g/mol. The predicted molar refractivity (Wildman–Crippen MR) is 127 cm³/mol. The minimum atomic E-state index is -1.73. The van der Waals surface area contributed by atoms with Crippen molar-refractivity contribution in [3.8, 4) is 5.75 Å². The number of benzene rings is 2. The quantitative estimate of drug-likeness (QED) is 0.471. The highest BCUT2D eigenvalue weighted by molar-refractivity contribution is 6.70. The Bertz CT molecular complexity index is 790. The van der Waals surface area contributed by atoms with Gasteiger partial charge in [-0.3, -0.25) is 0 Å². The van der Waals surface area contributed by atoms with Crippen molar-refractivity contribution >= 4 is 14.4 Å². The van der Waals surface area contributed by atoms with Gasteiger partial charge >= 0.3 is 0 Å². The van der Waals surface area contributed by atoms with Crippen molar-refractivity contribution in [3.63, 3.8) is 0 Å². The molecule has 0 radical (unpaired) electrons. The van der Waals surface area contributed by atoms with E-state index in [4.69, 9.17) is 4.43 Å². The molecule has 152 valence electrons. The summed E-state index contributed by atoms with van der Waals surface area (Å²) in [7, 11) is -1.73. The van der Waals surface area contributed by atoms with E-state index in [0.717, 1.165) is 17.7 Å². The number of hydrogen-bond acceptors (Lipinski definition) is 1. The van der Waals surface area contributed by atoms with Gasteiger partial charge in [0.05, 0.1) is 0 Å². The molecule has 0 N–H and O–H groups in total. The van der Waals surface area contributed by atoms with Crippen LogP contribution in [0.1, 0.15) is 69.4 Å².